The number of hydrogen-bond acceptors (Lipinski definition) is 3. The summed E-state index contributed by atoms with van der Waals surface area (Å²) in [4.78, 5) is 35.4. The molecule has 1 aromatic carbocycles. The van der Waals surface area contributed by atoms with Crippen LogP contribution < -0.4 is 16.2 Å². The average molecular weight is 402 g/mol. The first-order valence-corrected chi connectivity index (χ1v) is 8.13. The summed E-state index contributed by atoms with van der Waals surface area (Å²) in [7, 11) is 0. The van der Waals surface area contributed by atoms with Gasteiger partial charge in [-0.05, 0) is 18.2 Å². The van der Waals surface area contributed by atoms with Gasteiger partial charge in [0.05, 0.1) is 5.56 Å². The highest BCUT2D eigenvalue weighted by Gasteiger charge is 2.32. The fourth-order valence-corrected chi connectivity index (χ4v) is 2.38. The molecule has 2 N–H and O–H groups in total. The second kappa shape index (κ2) is 8.72. The Hall–Kier alpha value is -2.81. The Morgan fingerprint density at radius 3 is 2.33 bits per heavy atom. The molecule has 6 nitrogen and oxygen atoms in total. The summed E-state index contributed by atoms with van der Waals surface area (Å²) in [6.45, 7) is -0.480. The van der Waals surface area contributed by atoms with E-state index in [0.717, 1.165) is 0 Å². The van der Waals surface area contributed by atoms with E-state index in [0.29, 0.717) is 22.4 Å². The van der Waals surface area contributed by atoms with Crippen molar-refractivity contribution in [1.82, 2.24) is 15.2 Å². The van der Waals surface area contributed by atoms with Crippen molar-refractivity contribution in [3.8, 4) is 0 Å². The van der Waals surface area contributed by atoms with Gasteiger partial charge in [0.1, 0.15) is 11.6 Å². The highest BCUT2D eigenvalue weighted by atomic mass is 35.5. The van der Waals surface area contributed by atoms with Gasteiger partial charge < -0.3 is 15.2 Å². The van der Waals surface area contributed by atoms with E-state index in [4.69, 9.17) is 11.6 Å². The van der Waals surface area contributed by atoms with Crippen LogP contribution in [0.25, 0.3) is 0 Å². The Balaban J connectivity index is 1.88. The van der Waals surface area contributed by atoms with Crippen LogP contribution in [0.1, 0.15) is 15.9 Å². The molecular weight excluding hydrogens is 387 g/mol. The molecule has 0 saturated heterocycles. The number of nitrogens with zero attached hydrogens (tertiary/aromatic N) is 1. The minimum atomic E-state index is -4.70. The quantitative estimate of drug-likeness (QED) is 0.727. The van der Waals surface area contributed by atoms with Crippen LogP contribution in [0.3, 0.4) is 0 Å². The van der Waals surface area contributed by atoms with E-state index >= 15 is 0 Å². The lowest BCUT2D eigenvalue weighted by Gasteiger charge is -2.12. The smallest absolute Gasteiger partial charge is 0.353 e. The van der Waals surface area contributed by atoms with Crippen LogP contribution in [0.15, 0.2) is 47.4 Å². The Labute approximate surface area is 156 Å². The van der Waals surface area contributed by atoms with E-state index in [9.17, 15) is 27.6 Å². The van der Waals surface area contributed by atoms with Gasteiger partial charge in [0.15, 0.2) is 0 Å². The number of carbonyl (C=O) groups is 2. The highest BCUT2D eigenvalue weighted by molar-refractivity contribution is 6.30. The molecule has 0 unspecified atom stereocenters. The van der Waals surface area contributed by atoms with Gasteiger partial charge >= 0.3 is 6.18 Å². The van der Waals surface area contributed by atoms with Crippen LogP contribution in [-0.4, -0.2) is 29.5 Å². The summed E-state index contributed by atoms with van der Waals surface area (Å²) < 4.78 is 38.9. The number of carbonyl (C=O) groups excluding carboxylic acids is 2. The third kappa shape index (κ3) is 5.85. The van der Waals surface area contributed by atoms with Gasteiger partial charge in [-0.3, -0.25) is 14.4 Å². The van der Waals surface area contributed by atoms with Gasteiger partial charge in [-0.2, -0.15) is 13.2 Å². The Morgan fingerprint density at radius 2 is 1.70 bits per heavy atom. The molecule has 144 valence electrons. The van der Waals surface area contributed by atoms with Crippen LogP contribution in [0.5, 0.6) is 0 Å². The minimum Gasteiger partial charge on any atom is -0.353 e. The van der Waals surface area contributed by atoms with Crippen molar-refractivity contribution in [3.05, 3.63) is 69.1 Å². The number of halogens is 4. The number of nitrogens with one attached hydrogen (secondary N) is 2. The van der Waals surface area contributed by atoms with Gasteiger partial charge in [0, 0.05) is 24.8 Å². The Bertz CT molecular complexity index is 882. The highest BCUT2D eigenvalue weighted by Crippen LogP contribution is 2.29. The van der Waals surface area contributed by atoms with Gasteiger partial charge in [-0.25, -0.2) is 0 Å². The van der Waals surface area contributed by atoms with Gasteiger partial charge in [0.2, 0.25) is 5.91 Å². The number of hydrogen-bond donors (Lipinski definition) is 2. The third-order valence-electron chi connectivity index (χ3n) is 3.45. The first kappa shape index (κ1) is 20.5. The lowest BCUT2D eigenvalue weighted by atomic mass is 10.2. The van der Waals surface area contributed by atoms with Crippen molar-refractivity contribution in [2.75, 3.05) is 13.1 Å². The maximum Gasteiger partial charge on any atom is 0.417 e. The van der Waals surface area contributed by atoms with Crippen molar-refractivity contribution in [3.63, 3.8) is 0 Å². The Morgan fingerprint density at radius 1 is 1.07 bits per heavy atom. The zero-order valence-corrected chi connectivity index (χ0v) is 14.6. The van der Waals surface area contributed by atoms with Crippen molar-refractivity contribution in [2.45, 2.75) is 12.7 Å². The predicted octanol–water partition coefficient (Wildman–Crippen LogP) is 2.07. The van der Waals surface area contributed by atoms with Crippen LogP contribution in [-0.2, 0) is 17.5 Å². The molecule has 2 rings (SSSR count). The van der Waals surface area contributed by atoms with Crippen molar-refractivity contribution < 1.29 is 22.8 Å². The van der Waals surface area contributed by atoms with E-state index in [2.05, 4.69) is 10.6 Å². The van der Waals surface area contributed by atoms with Gasteiger partial charge in [0.25, 0.3) is 11.5 Å². The topological polar surface area (TPSA) is 80.2 Å². The monoisotopic (exact) mass is 401 g/mol. The first-order chi connectivity index (χ1) is 12.7. The van der Waals surface area contributed by atoms with E-state index in [1.165, 1.54) is 0 Å². The average Bonchev–Trinajstić information content (AvgIpc) is 2.62. The van der Waals surface area contributed by atoms with Crippen LogP contribution in [0.4, 0.5) is 13.2 Å². The molecule has 0 radical (unpaired) electrons. The van der Waals surface area contributed by atoms with E-state index < -0.39 is 34.8 Å². The number of amides is 2. The molecule has 0 atom stereocenters. The molecule has 2 amide bonds. The van der Waals surface area contributed by atoms with Crippen molar-refractivity contribution in [1.29, 1.82) is 0 Å². The summed E-state index contributed by atoms with van der Waals surface area (Å²) >= 11 is 5.52. The summed E-state index contributed by atoms with van der Waals surface area (Å²) in [5.41, 5.74) is -1.58. The molecule has 10 heteroatoms. The van der Waals surface area contributed by atoms with Crippen LogP contribution in [0, 0.1) is 0 Å². The molecule has 1 heterocycles. The molecular formula is C17H15ClF3N3O3. The maximum absolute atomic E-state index is 12.8. The largest absolute Gasteiger partial charge is 0.417 e. The van der Waals surface area contributed by atoms with Crippen molar-refractivity contribution in [2.24, 2.45) is 0 Å². The molecule has 0 aliphatic carbocycles. The van der Waals surface area contributed by atoms with E-state index in [-0.39, 0.29) is 19.0 Å². The summed E-state index contributed by atoms with van der Waals surface area (Å²) in [6, 6.07) is 8.93. The predicted molar refractivity (Wildman–Crippen MR) is 92.5 cm³/mol. The maximum atomic E-state index is 12.8. The first-order valence-electron chi connectivity index (χ1n) is 7.75. The van der Waals surface area contributed by atoms with Crippen LogP contribution >= 0.6 is 11.6 Å². The SMILES string of the molecule is O=C(Cn1cc(C(F)(F)F)cc(Cl)c1=O)NCCNC(=O)c1ccccc1. The van der Waals surface area contributed by atoms with E-state index in [1.54, 1.807) is 30.3 Å². The summed E-state index contributed by atoms with van der Waals surface area (Å²) in [5.74, 6) is -1.02. The standard InChI is InChI=1S/C17H15ClF3N3O3/c18-13-8-12(17(19,20)21)9-24(16(13)27)10-14(25)22-6-7-23-15(26)11-4-2-1-3-5-11/h1-5,8-9H,6-7,10H2,(H,22,25)(H,23,26). The molecule has 0 aliphatic heterocycles. The number of benzene rings is 1. The lowest BCUT2D eigenvalue weighted by Crippen LogP contribution is -2.38. The zero-order valence-electron chi connectivity index (χ0n) is 13.8. The fourth-order valence-electron chi connectivity index (χ4n) is 2.15. The second-order valence-corrected chi connectivity index (χ2v) is 5.89. The van der Waals surface area contributed by atoms with Crippen molar-refractivity contribution >= 4 is 23.4 Å². The molecule has 0 fully saturated rings. The lowest BCUT2D eigenvalue weighted by molar-refractivity contribution is -0.138. The number of pyridine rings is 1. The zero-order chi connectivity index (χ0) is 20.0. The van der Waals surface area contributed by atoms with Gasteiger partial charge in [-0.1, -0.05) is 29.8 Å². The molecule has 0 spiro atoms. The molecule has 2 aromatic rings. The normalized spacial score (nSPS) is 11.1. The van der Waals surface area contributed by atoms with Crippen LogP contribution in [0.2, 0.25) is 5.02 Å². The molecule has 27 heavy (non-hydrogen) atoms. The summed E-state index contributed by atoms with van der Waals surface area (Å²) in [5, 5.41) is 4.35. The van der Waals surface area contributed by atoms with E-state index in [1.807, 2.05) is 0 Å². The third-order valence-corrected chi connectivity index (χ3v) is 3.72. The van der Waals surface area contributed by atoms with Gasteiger partial charge in [-0.15, -0.1) is 0 Å². The number of alkyl halides is 3. The molecule has 0 bridgehead atoms. The fraction of sp³-hybridized carbons (Fsp3) is 0.235. The molecule has 0 aliphatic rings. The molecule has 1 aromatic heterocycles. The second-order valence-electron chi connectivity index (χ2n) is 5.48. The number of rotatable bonds is 6. The number of aromatic nitrogens is 1. The summed E-state index contributed by atoms with van der Waals surface area (Å²) in [6.07, 6.45) is -4.16. The molecule has 0 saturated carbocycles. The minimum absolute atomic E-state index is 0.0405. The Kier molecular flexibility index (Phi) is 6.62.